The fourth-order valence-corrected chi connectivity index (χ4v) is 2.94. The highest BCUT2D eigenvalue weighted by Crippen LogP contribution is 2.24. The monoisotopic (exact) mass is 409 g/mol. The normalized spacial score (nSPS) is 11.9. The van der Waals surface area contributed by atoms with Gasteiger partial charge in [0.15, 0.2) is 0 Å². The molecule has 5 nitrogen and oxygen atoms in total. The number of hydrogen-bond donors (Lipinski definition) is 3. The highest BCUT2D eigenvalue weighted by molar-refractivity contribution is 7.99. The second kappa shape index (κ2) is 10.5. The third kappa shape index (κ3) is 7.82. The van der Waals surface area contributed by atoms with E-state index in [1.165, 1.54) is 12.1 Å². The standard InChI is InChI=1S/C19H18F3N3O2S/c1-2-12-28-13-17(14-6-4-3-5-7-14)24-25-18(26)23-15-8-10-16(11-9-15)27-19(20,21)22/h1,3-11,17,24H,12-13H2,(H2,23,25,26). The summed E-state index contributed by atoms with van der Waals surface area (Å²) in [5.74, 6) is 3.36. The Morgan fingerprint density at radius 1 is 1.14 bits per heavy atom. The van der Waals surface area contributed by atoms with Gasteiger partial charge < -0.3 is 10.1 Å². The van der Waals surface area contributed by atoms with E-state index in [9.17, 15) is 18.0 Å². The number of amides is 2. The maximum Gasteiger partial charge on any atom is 0.573 e. The molecule has 28 heavy (non-hydrogen) atoms. The van der Waals surface area contributed by atoms with Crippen molar-refractivity contribution in [3.05, 3.63) is 60.2 Å². The van der Waals surface area contributed by atoms with Crippen molar-refractivity contribution in [1.29, 1.82) is 0 Å². The summed E-state index contributed by atoms with van der Waals surface area (Å²) in [5, 5.41) is 2.52. The van der Waals surface area contributed by atoms with Gasteiger partial charge in [-0.3, -0.25) is 5.43 Å². The largest absolute Gasteiger partial charge is 0.573 e. The molecule has 3 N–H and O–H groups in total. The summed E-state index contributed by atoms with van der Waals surface area (Å²) >= 11 is 1.54. The van der Waals surface area contributed by atoms with Gasteiger partial charge in [-0.1, -0.05) is 36.3 Å². The summed E-state index contributed by atoms with van der Waals surface area (Å²) in [6.07, 6.45) is 0.500. The van der Waals surface area contributed by atoms with E-state index in [1.807, 2.05) is 30.3 Å². The first-order valence-corrected chi connectivity index (χ1v) is 9.27. The number of urea groups is 1. The number of carbonyl (C=O) groups excluding carboxylic acids is 1. The lowest BCUT2D eigenvalue weighted by Crippen LogP contribution is -2.43. The van der Waals surface area contributed by atoms with Gasteiger partial charge in [0.2, 0.25) is 0 Å². The molecule has 0 aliphatic heterocycles. The SMILES string of the molecule is C#CCSCC(NNC(=O)Nc1ccc(OC(F)(F)F)cc1)c1ccccc1. The van der Waals surface area contributed by atoms with E-state index < -0.39 is 12.4 Å². The molecule has 148 valence electrons. The third-order valence-electron chi connectivity index (χ3n) is 3.38. The Morgan fingerprint density at radius 2 is 1.82 bits per heavy atom. The quantitative estimate of drug-likeness (QED) is 0.345. The number of rotatable bonds is 8. The molecule has 2 amide bonds. The number of nitrogens with one attached hydrogen (secondary N) is 3. The fourth-order valence-electron chi connectivity index (χ4n) is 2.20. The zero-order valence-corrected chi connectivity index (χ0v) is 15.4. The van der Waals surface area contributed by atoms with Crippen molar-refractivity contribution in [3.8, 4) is 18.1 Å². The Labute approximate surface area is 165 Å². The third-order valence-corrected chi connectivity index (χ3v) is 4.32. The lowest BCUT2D eigenvalue weighted by molar-refractivity contribution is -0.274. The summed E-state index contributed by atoms with van der Waals surface area (Å²) in [4.78, 5) is 12.1. The van der Waals surface area contributed by atoms with Gasteiger partial charge in [0.05, 0.1) is 11.8 Å². The van der Waals surface area contributed by atoms with Gasteiger partial charge in [-0.25, -0.2) is 10.2 Å². The van der Waals surface area contributed by atoms with Crippen LogP contribution in [-0.2, 0) is 0 Å². The maximum absolute atomic E-state index is 12.2. The van der Waals surface area contributed by atoms with E-state index in [4.69, 9.17) is 6.42 Å². The summed E-state index contributed by atoms with van der Waals surface area (Å²) < 4.78 is 40.2. The van der Waals surface area contributed by atoms with Crippen LogP contribution in [0.2, 0.25) is 0 Å². The number of hydrazine groups is 1. The minimum atomic E-state index is -4.76. The van der Waals surface area contributed by atoms with E-state index in [1.54, 1.807) is 11.8 Å². The number of carbonyl (C=O) groups is 1. The number of anilines is 1. The summed E-state index contributed by atoms with van der Waals surface area (Å²) in [6.45, 7) is 0. The number of alkyl halides is 3. The second-order valence-corrected chi connectivity index (χ2v) is 6.51. The highest BCUT2D eigenvalue weighted by Gasteiger charge is 2.30. The van der Waals surface area contributed by atoms with Crippen molar-refractivity contribution < 1.29 is 22.7 Å². The fraction of sp³-hybridized carbons (Fsp3) is 0.211. The predicted octanol–water partition coefficient (Wildman–Crippen LogP) is 4.32. The lowest BCUT2D eigenvalue weighted by Gasteiger charge is -2.19. The van der Waals surface area contributed by atoms with Crippen LogP contribution in [0.1, 0.15) is 11.6 Å². The number of halogens is 3. The van der Waals surface area contributed by atoms with Gasteiger partial charge in [0.1, 0.15) is 5.75 Å². The minimum Gasteiger partial charge on any atom is -0.406 e. The van der Waals surface area contributed by atoms with E-state index in [2.05, 4.69) is 26.8 Å². The molecule has 0 saturated heterocycles. The van der Waals surface area contributed by atoms with Crippen molar-refractivity contribution in [2.45, 2.75) is 12.4 Å². The first-order valence-electron chi connectivity index (χ1n) is 8.12. The van der Waals surface area contributed by atoms with E-state index in [0.29, 0.717) is 17.2 Å². The molecule has 0 heterocycles. The zero-order chi connectivity index (χ0) is 20.4. The summed E-state index contributed by atoms with van der Waals surface area (Å²) in [5.41, 5.74) is 6.75. The summed E-state index contributed by atoms with van der Waals surface area (Å²) in [7, 11) is 0. The van der Waals surface area contributed by atoms with Gasteiger partial charge in [-0.05, 0) is 29.8 Å². The van der Waals surface area contributed by atoms with Crippen LogP contribution >= 0.6 is 11.8 Å². The van der Waals surface area contributed by atoms with Crippen LogP contribution in [0.15, 0.2) is 54.6 Å². The van der Waals surface area contributed by atoms with Gasteiger partial charge in [0, 0.05) is 11.4 Å². The molecule has 0 aliphatic carbocycles. The predicted molar refractivity (Wildman–Crippen MR) is 104 cm³/mol. The molecule has 0 spiro atoms. The van der Waals surface area contributed by atoms with Crippen molar-refractivity contribution in [2.24, 2.45) is 0 Å². The van der Waals surface area contributed by atoms with Crippen molar-refractivity contribution in [1.82, 2.24) is 10.9 Å². The molecule has 2 aromatic rings. The molecule has 0 aliphatic rings. The molecule has 2 aromatic carbocycles. The number of terminal acetylenes is 1. The molecule has 0 radical (unpaired) electrons. The molecule has 1 unspecified atom stereocenters. The van der Waals surface area contributed by atoms with E-state index >= 15 is 0 Å². The number of hydrogen-bond acceptors (Lipinski definition) is 4. The number of ether oxygens (including phenoxy) is 1. The first-order chi connectivity index (χ1) is 13.4. The molecule has 0 bridgehead atoms. The molecular weight excluding hydrogens is 391 g/mol. The second-order valence-electron chi connectivity index (χ2n) is 5.48. The lowest BCUT2D eigenvalue weighted by atomic mass is 10.1. The number of benzene rings is 2. The first kappa shape index (κ1) is 21.5. The minimum absolute atomic E-state index is 0.173. The smallest absolute Gasteiger partial charge is 0.406 e. The van der Waals surface area contributed by atoms with Crippen LogP contribution in [0.25, 0.3) is 0 Å². The molecule has 0 saturated carbocycles. The van der Waals surface area contributed by atoms with Gasteiger partial charge in [-0.15, -0.1) is 31.4 Å². The van der Waals surface area contributed by atoms with Crippen LogP contribution in [0.4, 0.5) is 23.7 Å². The Hall–Kier alpha value is -2.83. The molecular formula is C19H18F3N3O2S. The zero-order valence-electron chi connectivity index (χ0n) is 14.6. The van der Waals surface area contributed by atoms with Crippen molar-refractivity contribution >= 4 is 23.5 Å². The molecule has 1 atom stereocenters. The number of thioether (sulfide) groups is 1. The molecule has 0 fully saturated rings. The summed E-state index contributed by atoms with van der Waals surface area (Å²) in [6, 6.07) is 13.6. The average Bonchev–Trinajstić information content (AvgIpc) is 2.66. The van der Waals surface area contributed by atoms with Crippen LogP contribution < -0.4 is 20.9 Å². The van der Waals surface area contributed by atoms with Crippen LogP contribution in [0.5, 0.6) is 5.75 Å². The van der Waals surface area contributed by atoms with Crippen molar-refractivity contribution in [3.63, 3.8) is 0 Å². The van der Waals surface area contributed by atoms with Gasteiger partial charge in [-0.2, -0.15) is 0 Å². The van der Waals surface area contributed by atoms with Crippen LogP contribution in [0.3, 0.4) is 0 Å². The van der Waals surface area contributed by atoms with E-state index in [-0.39, 0.29) is 11.8 Å². The topological polar surface area (TPSA) is 62.4 Å². The molecule has 0 aromatic heterocycles. The Balaban J connectivity index is 1.89. The van der Waals surface area contributed by atoms with Gasteiger partial charge in [0.25, 0.3) is 0 Å². The highest BCUT2D eigenvalue weighted by atomic mass is 32.2. The molecule has 2 rings (SSSR count). The Morgan fingerprint density at radius 3 is 2.43 bits per heavy atom. The Kier molecular flexibility index (Phi) is 8.04. The van der Waals surface area contributed by atoms with Crippen LogP contribution in [-0.4, -0.2) is 23.9 Å². The van der Waals surface area contributed by atoms with Gasteiger partial charge >= 0.3 is 12.4 Å². The maximum atomic E-state index is 12.2. The van der Waals surface area contributed by atoms with E-state index in [0.717, 1.165) is 17.7 Å². The van der Waals surface area contributed by atoms with Crippen LogP contribution in [0, 0.1) is 12.3 Å². The average molecular weight is 409 g/mol. The van der Waals surface area contributed by atoms with Crippen molar-refractivity contribution in [2.75, 3.05) is 16.8 Å². The molecule has 9 heteroatoms. The Bertz CT molecular complexity index is 793.